The fourth-order valence-electron chi connectivity index (χ4n) is 2.83. The van der Waals surface area contributed by atoms with E-state index >= 15 is 0 Å². The first-order chi connectivity index (χ1) is 12.2. The zero-order valence-electron chi connectivity index (χ0n) is 13.3. The number of hydrogen-bond acceptors (Lipinski definition) is 3. The van der Waals surface area contributed by atoms with Crippen molar-refractivity contribution in [2.24, 2.45) is 5.16 Å². The maximum Gasteiger partial charge on any atom is 0.150 e. The van der Waals surface area contributed by atoms with E-state index in [2.05, 4.69) is 10.1 Å². The van der Waals surface area contributed by atoms with Gasteiger partial charge in [-0.25, -0.2) is 9.37 Å². The molecule has 0 aliphatic carbocycles. The van der Waals surface area contributed by atoms with Crippen LogP contribution in [0.25, 0.3) is 0 Å². The van der Waals surface area contributed by atoms with Crippen molar-refractivity contribution in [3.63, 3.8) is 0 Å². The Kier molecular flexibility index (Phi) is 5.41. The van der Waals surface area contributed by atoms with Crippen molar-refractivity contribution in [1.82, 2.24) is 4.98 Å². The summed E-state index contributed by atoms with van der Waals surface area (Å²) in [5.74, 6) is -0.656. The average Bonchev–Trinajstić information content (AvgIpc) is 2.66. The van der Waals surface area contributed by atoms with Crippen LogP contribution in [-0.4, -0.2) is 15.9 Å². The summed E-state index contributed by atoms with van der Waals surface area (Å²) in [5, 5.41) is 13.0. The minimum absolute atomic E-state index is 0.0837. The Labute approximate surface area is 150 Å². The first-order valence-corrected chi connectivity index (χ1v) is 8.19. The second kappa shape index (κ2) is 7.90. The fourth-order valence-corrected chi connectivity index (χ4v) is 2.99. The summed E-state index contributed by atoms with van der Waals surface area (Å²) in [6, 6.07) is 21.1. The Bertz CT molecular complexity index is 830. The highest BCUT2D eigenvalue weighted by molar-refractivity contribution is 6.29. The lowest BCUT2D eigenvalue weighted by atomic mass is 9.85. The maximum atomic E-state index is 14.1. The van der Waals surface area contributed by atoms with E-state index in [0.29, 0.717) is 6.42 Å². The molecule has 0 aliphatic heterocycles. The highest BCUT2D eigenvalue weighted by atomic mass is 35.5. The van der Waals surface area contributed by atoms with Gasteiger partial charge in [0.2, 0.25) is 0 Å². The van der Waals surface area contributed by atoms with E-state index in [1.54, 1.807) is 0 Å². The Hall–Kier alpha value is -2.72. The molecule has 0 unspecified atom stereocenters. The minimum atomic E-state index is -0.572. The average molecular weight is 355 g/mol. The molecule has 2 aromatic carbocycles. The van der Waals surface area contributed by atoms with Gasteiger partial charge in [0.1, 0.15) is 5.15 Å². The van der Waals surface area contributed by atoms with Crippen molar-refractivity contribution < 1.29 is 9.60 Å². The molecule has 25 heavy (non-hydrogen) atoms. The molecule has 0 saturated carbocycles. The highest BCUT2D eigenvalue weighted by Gasteiger charge is 2.20. The molecule has 0 spiro atoms. The van der Waals surface area contributed by atoms with Crippen molar-refractivity contribution in [2.45, 2.75) is 12.3 Å². The summed E-state index contributed by atoms with van der Waals surface area (Å²) in [5.41, 5.74) is 2.48. The van der Waals surface area contributed by atoms with Crippen LogP contribution in [0.5, 0.6) is 0 Å². The van der Waals surface area contributed by atoms with Crippen molar-refractivity contribution in [3.8, 4) is 0 Å². The molecule has 0 radical (unpaired) electrons. The molecule has 126 valence electrons. The van der Waals surface area contributed by atoms with Crippen molar-refractivity contribution in [1.29, 1.82) is 0 Å². The second-order valence-corrected chi connectivity index (χ2v) is 6.00. The van der Waals surface area contributed by atoms with E-state index in [-0.39, 0.29) is 22.3 Å². The number of oxime groups is 1. The van der Waals surface area contributed by atoms with Crippen LogP contribution in [0, 0.1) is 5.82 Å². The molecule has 3 nitrogen and oxygen atoms in total. The largest absolute Gasteiger partial charge is 0.411 e. The van der Waals surface area contributed by atoms with Gasteiger partial charge in [0.05, 0.1) is 11.9 Å². The number of benzene rings is 2. The molecule has 0 bridgehead atoms. The van der Waals surface area contributed by atoms with Gasteiger partial charge in [-0.3, -0.25) is 0 Å². The predicted molar refractivity (Wildman–Crippen MR) is 96.9 cm³/mol. The number of aromatic nitrogens is 1. The molecular weight excluding hydrogens is 339 g/mol. The van der Waals surface area contributed by atoms with Crippen LogP contribution in [0.1, 0.15) is 29.0 Å². The summed E-state index contributed by atoms with van der Waals surface area (Å²) >= 11 is 5.87. The number of rotatable bonds is 5. The highest BCUT2D eigenvalue weighted by Crippen LogP contribution is 2.30. The van der Waals surface area contributed by atoms with Crippen LogP contribution < -0.4 is 0 Å². The zero-order chi connectivity index (χ0) is 17.6. The van der Waals surface area contributed by atoms with Gasteiger partial charge < -0.3 is 5.21 Å². The topological polar surface area (TPSA) is 45.5 Å². The smallest absolute Gasteiger partial charge is 0.150 e. The van der Waals surface area contributed by atoms with Gasteiger partial charge in [0, 0.05) is 17.9 Å². The van der Waals surface area contributed by atoms with Crippen LogP contribution in [0.15, 0.2) is 78.1 Å². The van der Waals surface area contributed by atoms with E-state index in [4.69, 9.17) is 11.6 Å². The van der Waals surface area contributed by atoms with Gasteiger partial charge in [-0.1, -0.05) is 77.4 Å². The standard InChI is InChI=1S/C20H16ClFN2O/c21-20-12-17(18(22)13-23-20)19(24-25)11-16(14-7-3-1-4-8-14)15-9-5-2-6-10-15/h1-10,12-13,16,25H,11H2/b24-19-. The monoisotopic (exact) mass is 354 g/mol. The fraction of sp³-hybridized carbons (Fsp3) is 0.100. The third kappa shape index (κ3) is 4.03. The molecule has 0 fully saturated rings. The predicted octanol–water partition coefficient (Wildman–Crippen LogP) is 5.27. The molecule has 5 heteroatoms. The molecule has 3 rings (SSSR count). The van der Waals surface area contributed by atoms with Crippen molar-refractivity contribution >= 4 is 17.3 Å². The van der Waals surface area contributed by atoms with Gasteiger partial charge in [0.15, 0.2) is 5.82 Å². The lowest BCUT2D eigenvalue weighted by Gasteiger charge is -2.19. The number of hydrogen-bond donors (Lipinski definition) is 1. The molecule has 1 aromatic heterocycles. The van der Waals surface area contributed by atoms with E-state index < -0.39 is 5.82 Å². The van der Waals surface area contributed by atoms with Gasteiger partial charge in [0.25, 0.3) is 0 Å². The maximum absolute atomic E-state index is 14.1. The van der Waals surface area contributed by atoms with Crippen LogP contribution in [0.2, 0.25) is 5.15 Å². The second-order valence-electron chi connectivity index (χ2n) is 5.61. The van der Waals surface area contributed by atoms with E-state index in [9.17, 15) is 9.60 Å². The van der Waals surface area contributed by atoms with Gasteiger partial charge >= 0.3 is 0 Å². The molecule has 1 heterocycles. The van der Waals surface area contributed by atoms with Crippen LogP contribution in [0.3, 0.4) is 0 Å². The van der Waals surface area contributed by atoms with Crippen molar-refractivity contribution in [3.05, 3.63) is 101 Å². The third-order valence-electron chi connectivity index (χ3n) is 4.05. The Balaban J connectivity index is 2.01. The lowest BCUT2D eigenvalue weighted by Crippen LogP contribution is -2.12. The Morgan fingerprint density at radius 2 is 1.60 bits per heavy atom. The van der Waals surface area contributed by atoms with Crippen LogP contribution in [0.4, 0.5) is 4.39 Å². The number of halogens is 2. The summed E-state index contributed by atoms with van der Waals surface area (Å²) in [7, 11) is 0. The van der Waals surface area contributed by atoms with Crippen molar-refractivity contribution in [2.75, 3.05) is 0 Å². The van der Waals surface area contributed by atoms with Crippen LogP contribution in [-0.2, 0) is 0 Å². The molecule has 0 aliphatic rings. The molecular formula is C20H16ClFN2O. The molecule has 1 N–H and O–H groups in total. The first kappa shape index (κ1) is 17.1. The zero-order valence-corrected chi connectivity index (χ0v) is 14.1. The quantitative estimate of drug-likeness (QED) is 0.293. The Morgan fingerprint density at radius 1 is 1.04 bits per heavy atom. The first-order valence-electron chi connectivity index (χ1n) is 7.81. The molecule has 0 saturated heterocycles. The molecule has 3 aromatic rings. The van der Waals surface area contributed by atoms with E-state index in [1.807, 2.05) is 60.7 Å². The van der Waals surface area contributed by atoms with Crippen LogP contribution >= 0.6 is 11.6 Å². The number of pyridine rings is 1. The summed E-state index contributed by atoms with van der Waals surface area (Å²) in [6.45, 7) is 0. The molecule has 0 atom stereocenters. The van der Waals surface area contributed by atoms with E-state index in [1.165, 1.54) is 6.07 Å². The molecule has 0 amide bonds. The summed E-state index contributed by atoms with van der Waals surface area (Å²) in [6.07, 6.45) is 1.35. The van der Waals surface area contributed by atoms with Gasteiger partial charge in [-0.05, 0) is 17.2 Å². The van der Waals surface area contributed by atoms with Gasteiger partial charge in [-0.2, -0.15) is 0 Å². The Morgan fingerprint density at radius 3 is 2.12 bits per heavy atom. The third-order valence-corrected chi connectivity index (χ3v) is 4.26. The summed E-state index contributed by atoms with van der Waals surface area (Å²) < 4.78 is 14.1. The lowest BCUT2D eigenvalue weighted by molar-refractivity contribution is 0.317. The van der Waals surface area contributed by atoms with E-state index in [0.717, 1.165) is 17.3 Å². The minimum Gasteiger partial charge on any atom is -0.411 e. The number of nitrogens with zero attached hydrogens (tertiary/aromatic N) is 2. The van der Waals surface area contributed by atoms with Gasteiger partial charge in [-0.15, -0.1) is 0 Å². The normalized spacial score (nSPS) is 11.7. The SMILES string of the molecule is O/N=C(/CC(c1ccccc1)c1ccccc1)c1cc(Cl)ncc1F. The summed E-state index contributed by atoms with van der Waals surface area (Å²) in [4.78, 5) is 3.71.